The van der Waals surface area contributed by atoms with Gasteiger partial charge in [0, 0.05) is 0 Å². The van der Waals surface area contributed by atoms with Crippen LogP contribution in [0.5, 0.6) is 0 Å². The maximum Gasteiger partial charge on any atom is 0.0829 e. The Morgan fingerprint density at radius 2 is 2.33 bits per heavy atom. The number of rotatable bonds is 1. The molecule has 0 aromatic rings. The normalized spacial score (nSPS) is 43.0. The van der Waals surface area contributed by atoms with Crippen molar-refractivity contribution >= 4 is 11.8 Å². The predicted molar refractivity (Wildman–Crippen MR) is 28.4 cm³/mol. The highest BCUT2D eigenvalue weighted by molar-refractivity contribution is 7.99. The number of hydrogen-bond donors (Lipinski definition) is 2. The highest BCUT2D eigenvalue weighted by atomic mass is 32.2. The van der Waals surface area contributed by atoms with Crippen LogP contribution in [0.4, 0.5) is 0 Å². The number of hydrogen-bond acceptors (Lipinski definition) is 3. The number of nitrogens with two attached hydrogens (primary N) is 1. The minimum Gasteiger partial charge on any atom is -0.314 e. The summed E-state index contributed by atoms with van der Waals surface area (Å²) in [5, 5.41) is 3.57. The van der Waals surface area contributed by atoms with Crippen molar-refractivity contribution in [3.05, 3.63) is 0 Å². The fraction of sp³-hybridized carbons (Fsp3) is 1.00. The van der Waals surface area contributed by atoms with E-state index in [2.05, 4.69) is 5.32 Å². The summed E-state index contributed by atoms with van der Waals surface area (Å²) in [7, 11) is 0. The van der Waals surface area contributed by atoms with E-state index in [0.29, 0.717) is 5.37 Å². The molecule has 1 saturated heterocycles. The first-order valence-corrected chi connectivity index (χ1v) is 3.18. The Morgan fingerprint density at radius 1 is 1.83 bits per heavy atom. The van der Waals surface area contributed by atoms with Crippen LogP contribution in [0.2, 0.25) is 0 Å². The van der Waals surface area contributed by atoms with Crippen LogP contribution < -0.4 is 11.1 Å². The molecular formula is C3H8N2S. The lowest BCUT2D eigenvalue weighted by atomic mass is 10.8. The molecule has 0 aromatic heterocycles. The molecule has 1 aliphatic heterocycles. The SMILES string of the molecule is CSC1NC1N. The highest BCUT2D eigenvalue weighted by Gasteiger charge is 2.30. The summed E-state index contributed by atoms with van der Waals surface area (Å²) in [4.78, 5) is 0. The lowest BCUT2D eigenvalue weighted by molar-refractivity contribution is 1.03. The van der Waals surface area contributed by atoms with E-state index < -0.39 is 0 Å². The van der Waals surface area contributed by atoms with Crippen molar-refractivity contribution < 1.29 is 0 Å². The first-order chi connectivity index (χ1) is 2.84. The smallest absolute Gasteiger partial charge is 0.0829 e. The van der Waals surface area contributed by atoms with Gasteiger partial charge < -0.3 is 5.73 Å². The second-order valence-corrected chi connectivity index (χ2v) is 2.33. The molecule has 0 spiro atoms. The van der Waals surface area contributed by atoms with Crippen LogP contribution in [0, 0.1) is 0 Å². The van der Waals surface area contributed by atoms with Crippen molar-refractivity contribution in [3.8, 4) is 0 Å². The monoisotopic (exact) mass is 104 g/mol. The molecular weight excluding hydrogens is 96.1 g/mol. The third-order valence-corrected chi connectivity index (χ3v) is 1.76. The summed E-state index contributed by atoms with van der Waals surface area (Å²) >= 11 is 1.76. The van der Waals surface area contributed by atoms with E-state index in [1.165, 1.54) is 0 Å². The van der Waals surface area contributed by atoms with Crippen LogP contribution in [0.3, 0.4) is 0 Å². The first kappa shape index (κ1) is 4.43. The number of thioether (sulfide) groups is 1. The van der Waals surface area contributed by atoms with E-state index >= 15 is 0 Å². The van der Waals surface area contributed by atoms with Crippen molar-refractivity contribution in [1.29, 1.82) is 0 Å². The van der Waals surface area contributed by atoms with E-state index in [4.69, 9.17) is 5.73 Å². The van der Waals surface area contributed by atoms with Crippen molar-refractivity contribution in [3.63, 3.8) is 0 Å². The lowest BCUT2D eigenvalue weighted by Crippen LogP contribution is -2.04. The van der Waals surface area contributed by atoms with Gasteiger partial charge in [-0.1, -0.05) is 0 Å². The van der Waals surface area contributed by atoms with Gasteiger partial charge in [-0.15, -0.1) is 11.8 Å². The molecule has 1 fully saturated rings. The molecule has 2 nitrogen and oxygen atoms in total. The van der Waals surface area contributed by atoms with Crippen molar-refractivity contribution in [2.75, 3.05) is 6.26 Å². The highest BCUT2D eigenvalue weighted by Crippen LogP contribution is 2.15. The van der Waals surface area contributed by atoms with Gasteiger partial charge in [-0.05, 0) is 6.26 Å². The zero-order valence-corrected chi connectivity index (χ0v) is 4.46. The molecule has 36 valence electrons. The second-order valence-electron chi connectivity index (χ2n) is 1.35. The van der Waals surface area contributed by atoms with E-state index in [0.717, 1.165) is 0 Å². The third-order valence-electron chi connectivity index (χ3n) is 0.828. The minimum atomic E-state index is 0.278. The van der Waals surface area contributed by atoms with Crippen LogP contribution in [0.15, 0.2) is 0 Å². The quantitative estimate of drug-likeness (QED) is 0.443. The van der Waals surface area contributed by atoms with Crippen LogP contribution in [-0.4, -0.2) is 17.8 Å². The van der Waals surface area contributed by atoms with Crippen molar-refractivity contribution in [2.24, 2.45) is 5.73 Å². The van der Waals surface area contributed by atoms with Gasteiger partial charge in [-0.3, -0.25) is 5.32 Å². The van der Waals surface area contributed by atoms with E-state index in [9.17, 15) is 0 Å². The largest absolute Gasteiger partial charge is 0.314 e. The summed E-state index contributed by atoms with van der Waals surface area (Å²) in [5.41, 5.74) is 5.35. The van der Waals surface area contributed by atoms with Crippen LogP contribution in [0.25, 0.3) is 0 Å². The Hall–Kier alpha value is 0.270. The van der Waals surface area contributed by atoms with E-state index in [1.807, 2.05) is 6.26 Å². The molecule has 1 heterocycles. The van der Waals surface area contributed by atoms with Crippen molar-refractivity contribution in [2.45, 2.75) is 11.5 Å². The van der Waals surface area contributed by atoms with Gasteiger partial charge in [0.05, 0.1) is 11.5 Å². The molecule has 0 amide bonds. The molecule has 1 aliphatic rings. The van der Waals surface area contributed by atoms with Crippen LogP contribution >= 0.6 is 11.8 Å². The second kappa shape index (κ2) is 1.40. The van der Waals surface area contributed by atoms with Gasteiger partial charge in [0.15, 0.2) is 0 Å². The zero-order valence-electron chi connectivity index (χ0n) is 3.64. The van der Waals surface area contributed by atoms with Gasteiger partial charge in [-0.25, -0.2) is 0 Å². The Balaban J connectivity index is 2.09. The predicted octanol–water partition coefficient (Wildman–Crippen LogP) is -0.437. The standard InChI is InChI=1S/C3H8N2S/c1-6-3-2(4)5-3/h2-3,5H,4H2,1H3. The molecule has 0 aromatic carbocycles. The van der Waals surface area contributed by atoms with Crippen LogP contribution in [-0.2, 0) is 0 Å². The molecule has 1 rings (SSSR count). The molecule has 0 saturated carbocycles. The fourth-order valence-corrected chi connectivity index (χ4v) is 0.935. The summed E-state index contributed by atoms with van der Waals surface area (Å²) in [5.74, 6) is 0. The lowest BCUT2D eigenvalue weighted by Gasteiger charge is -1.76. The van der Waals surface area contributed by atoms with Gasteiger partial charge in [0.25, 0.3) is 0 Å². The molecule has 0 aliphatic carbocycles. The average Bonchev–Trinajstić information content (AvgIpc) is 2.19. The van der Waals surface area contributed by atoms with Gasteiger partial charge >= 0.3 is 0 Å². The molecule has 2 unspecified atom stereocenters. The maximum atomic E-state index is 5.35. The van der Waals surface area contributed by atoms with Gasteiger partial charge in [0.2, 0.25) is 0 Å². The minimum absolute atomic E-state index is 0.278. The van der Waals surface area contributed by atoms with E-state index in [-0.39, 0.29) is 6.17 Å². The molecule has 0 radical (unpaired) electrons. The fourth-order valence-electron chi connectivity index (χ4n) is 0.349. The Morgan fingerprint density at radius 3 is 2.33 bits per heavy atom. The summed E-state index contributed by atoms with van der Waals surface area (Å²) in [6.45, 7) is 0. The number of nitrogens with one attached hydrogen (secondary N) is 1. The van der Waals surface area contributed by atoms with Gasteiger partial charge in [0.1, 0.15) is 0 Å². The molecule has 3 heteroatoms. The Labute approximate surface area is 41.5 Å². The average molecular weight is 104 g/mol. The Bertz CT molecular complexity index is 54.8. The maximum absolute atomic E-state index is 5.35. The summed E-state index contributed by atoms with van der Waals surface area (Å²) in [6.07, 6.45) is 2.32. The Kier molecular flexibility index (Phi) is 1.04. The molecule has 6 heavy (non-hydrogen) atoms. The zero-order chi connectivity index (χ0) is 4.57. The summed E-state index contributed by atoms with van der Waals surface area (Å²) in [6, 6.07) is 0. The molecule has 0 bridgehead atoms. The van der Waals surface area contributed by atoms with Crippen LogP contribution in [0.1, 0.15) is 0 Å². The van der Waals surface area contributed by atoms with Gasteiger partial charge in [-0.2, -0.15) is 0 Å². The third kappa shape index (κ3) is 0.668. The molecule has 3 N–H and O–H groups in total. The first-order valence-electron chi connectivity index (χ1n) is 1.89. The topological polar surface area (TPSA) is 48.0 Å². The van der Waals surface area contributed by atoms with E-state index in [1.54, 1.807) is 11.8 Å². The van der Waals surface area contributed by atoms with Crippen molar-refractivity contribution in [1.82, 2.24) is 5.32 Å². The summed E-state index contributed by atoms with van der Waals surface area (Å²) < 4.78 is 0. The molecule has 2 atom stereocenters.